The van der Waals surface area contributed by atoms with Crippen LogP contribution in [0.2, 0.25) is 0 Å². The van der Waals surface area contributed by atoms with Gasteiger partial charge in [-0.05, 0) is 24.3 Å². The van der Waals surface area contributed by atoms with Crippen LogP contribution in [0.1, 0.15) is 10.4 Å². The van der Waals surface area contributed by atoms with Gasteiger partial charge >= 0.3 is 11.7 Å². The molecular weight excluding hydrogens is 345 g/mol. The Balaban J connectivity index is 2.01. The van der Waals surface area contributed by atoms with E-state index in [1.165, 1.54) is 16.7 Å². The molecule has 1 N–H and O–H groups in total. The van der Waals surface area contributed by atoms with E-state index in [2.05, 4.69) is 4.90 Å². The lowest BCUT2D eigenvalue weighted by atomic mass is 10.2. The first kappa shape index (κ1) is 18.0. The Labute approximate surface area is 147 Å². The number of carbonyl (C=O) groups is 1. The van der Waals surface area contributed by atoms with E-state index in [0.29, 0.717) is 19.8 Å². The van der Waals surface area contributed by atoms with Crippen molar-refractivity contribution in [3.05, 3.63) is 62.7 Å². The molecule has 2 heterocycles. The molecule has 0 saturated carbocycles. The summed E-state index contributed by atoms with van der Waals surface area (Å²) in [6, 6.07) is 4.73. The first-order valence-electron chi connectivity index (χ1n) is 8.13. The lowest BCUT2D eigenvalue weighted by Gasteiger charge is -2.26. The van der Waals surface area contributed by atoms with E-state index < -0.39 is 28.6 Å². The Kier molecular flexibility index (Phi) is 5.29. The van der Waals surface area contributed by atoms with Gasteiger partial charge < -0.3 is 9.84 Å². The summed E-state index contributed by atoms with van der Waals surface area (Å²) in [4.78, 5) is 38.6. The van der Waals surface area contributed by atoms with Crippen molar-refractivity contribution < 1.29 is 19.0 Å². The van der Waals surface area contributed by atoms with Crippen molar-refractivity contribution in [2.24, 2.45) is 0 Å². The lowest BCUT2D eigenvalue weighted by Crippen LogP contribution is -2.44. The molecule has 138 valence electrons. The summed E-state index contributed by atoms with van der Waals surface area (Å²) >= 11 is 0. The predicted molar refractivity (Wildman–Crippen MR) is 90.5 cm³/mol. The average molecular weight is 363 g/mol. The van der Waals surface area contributed by atoms with Crippen molar-refractivity contribution >= 4 is 5.97 Å². The van der Waals surface area contributed by atoms with E-state index in [1.54, 1.807) is 0 Å². The van der Waals surface area contributed by atoms with Crippen molar-refractivity contribution in [1.29, 1.82) is 0 Å². The molecule has 0 radical (unpaired) electrons. The normalized spacial score (nSPS) is 15.1. The number of aromatic carboxylic acids is 1. The number of aromatic nitrogens is 2. The Bertz CT molecular complexity index is 913. The lowest BCUT2D eigenvalue weighted by molar-refractivity contribution is 0.0362. The average Bonchev–Trinajstić information content (AvgIpc) is 2.63. The van der Waals surface area contributed by atoms with Crippen molar-refractivity contribution in [3.63, 3.8) is 0 Å². The molecular formula is C17H18FN3O5. The van der Waals surface area contributed by atoms with Crippen LogP contribution in [0.15, 0.2) is 40.1 Å². The van der Waals surface area contributed by atoms with Gasteiger partial charge in [0.15, 0.2) is 0 Å². The molecule has 0 aliphatic carbocycles. The number of carboxylic acids is 1. The second-order valence-corrected chi connectivity index (χ2v) is 5.89. The zero-order chi connectivity index (χ0) is 18.7. The molecule has 3 rings (SSSR count). The van der Waals surface area contributed by atoms with Gasteiger partial charge in [0.2, 0.25) is 0 Å². The van der Waals surface area contributed by atoms with E-state index in [1.807, 2.05) is 0 Å². The second-order valence-electron chi connectivity index (χ2n) is 5.89. The number of benzene rings is 1. The first-order chi connectivity index (χ1) is 12.5. The van der Waals surface area contributed by atoms with Crippen molar-refractivity contribution in [3.8, 4) is 5.69 Å². The summed E-state index contributed by atoms with van der Waals surface area (Å²) in [5, 5.41) is 9.30. The standard InChI is InChI=1S/C17H18FN3O5/c18-12-1-3-13(4-2-12)21-15(22)14(16(23)24)11-20(17(21)25)6-5-19-7-9-26-10-8-19/h1-4,11H,5-10H2,(H,23,24). The van der Waals surface area contributed by atoms with Gasteiger partial charge in [-0.15, -0.1) is 0 Å². The quantitative estimate of drug-likeness (QED) is 0.814. The van der Waals surface area contributed by atoms with Gasteiger partial charge in [0.1, 0.15) is 11.4 Å². The summed E-state index contributed by atoms with van der Waals surface area (Å²) in [6.07, 6.45) is 1.06. The molecule has 1 aliphatic rings. The molecule has 2 aromatic rings. The van der Waals surface area contributed by atoms with Gasteiger partial charge in [0.05, 0.1) is 18.9 Å². The number of hydrogen-bond donors (Lipinski definition) is 1. The fourth-order valence-electron chi connectivity index (χ4n) is 2.80. The van der Waals surface area contributed by atoms with E-state index in [4.69, 9.17) is 4.74 Å². The Morgan fingerprint density at radius 1 is 1.12 bits per heavy atom. The third kappa shape index (κ3) is 3.73. The number of rotatable bonds is 5. The highest BCUT2D eigenvalue weighted by atomic mass is 19.1. The van der Waals surface area contributed by atoms with Crippen LogP contribution in [0.25, 0.3) is 5.69 Å². The monoisotopic (exact) mass is 363 g/mol. The Morgan fingerprint density at radius 2 is 1.77 bits per heavy atom. The zero-order valence-electron chi connectivity index (χ0n) is 13.9. The maximum absolute atomic E-state index is 13.1. The van der Waals surface area contributed by atoms with Crippen LogP contribution >= 0.6 is 0 Å². The number of halogens is 1. The van der Waals surface area contributed by atoms with Crippen LogP contribution < -0.4 is 11.2 Å². The van der Waals surface area contributed by atoms with Crippen LogP contribution in [-0.4, -0.2) is 58.0 Å². The molecule has 0 amide bonds. The molecule has 26 heavy (non-hydrogen) atoms. The summed E-state index contributed by atoms with van der Waals surface area (Å²) in [7, 11) is 0. The third-order valence-electron chi connectivity index (χ3n) is 4.23. The van der Waals surface area contributed by atoms with Crippen LogP contribution in [0.3, 0.4) is 0 Å². The van der Waals surface area contributed by atoms with E-state index in [9.17, 15) is 23.9 Å². The van der Waals surface area contributed by atoms with E-state index in [0.717, 1.165) is 36.0 Å². The zero-order valence-corrected chi connectivity index (χ0v) is 13.9. The van der Waals surface area contributed by atoms with Gasteiger partial charge in [0, 0.05) is 32.4 Å². The Hall–Kier alpha value is -2.78. The highest BCUT2D eigenvalue weighted by Gasteiger charge is 2.18. The van der Waals surface area contributed by atoms with Gasteiger partial charge in [-0.3, -0.25) is 14.3 Å². The fourth-order valence-corrected chi connectivity index (χ4v) is 2.80. The summed E-state index contributed by atoms with van der Waals surface area (Å²) in [5.41, 5.74) is -2.02. The number of morpholine rings is 1. The fraction of sp³-hybridized carbons (Fsp3) is 0.353. The predicted octanol–water partition coefficient (Wildman–Crippen LogP) is 0.169. The second kappa shape index (κ2) is 7.63. The number of hydrogen-bond acceptors (Lipinski definition) is 5. The number of nitrogens with zero attached hydrogens (tertiary/aromatic N) is 3. The maximum atomic E-state index is 13.1. The molecule has 1 saturated heterocycles. The van der Waals surface area contributed by atoms with Gasteiger partial charge in [-0.1, -0.05) is 0 Å². The van der Waals surface area contributed by atoms with Gasteiger partial charge in [0.25, 0.3) is 5.56 Å². The molecule has 0 spiro atoms. The molecule has 0 bridgehead atoms. The molecule has 0 unspecified atom stereocenters. The van der Waals surface area contributed by atoms with Crippen molar-refractivity contribution in [1.82, 2.24) is 14.0 Å². The molecule has 0 atom stereocenters. The summed E-state index contributed by atoms with van der Waals surface area (Å²) in [6.45, 7) is 3.38. The number of ether oxygens (including phenoxy) is 1. The van der Waals surface area contributed by atoms with Crippen LogP contribution in [0, 0.1) is 5.82 Å². The maximum Gasteiger partial charge on any atom is 0.342 e. The van der Waals surface area contributed by atoms with E-state index >= 15 is 0 Å². The smallest absolute Gasteiger partial charge is 0.342 e. The van der Waals surface area contributed by atoms with Crippen LogP contribution in [0.4, 0.5) is 4.39 Å². The molecule has 1 aromatic heterocycles. The summed E-state index contributed by atoms with van der Waals surface area (Å²) in [5.74, 6) is -1.95. The first-order valence-corrected chi connectivity index (χ1v) is 8.13. The summed E-state index contributed by atoms with van der Waals surface area (Å²) < 4.78 is 20.4. The highest BCUT2D eigenvalue weighted by Crippen LogP contribution is 2.06. The SMILES string of the molecule is O=C(O)c1cn(CCN2CCOCC2)c(=O)n(-c2ccc(F)cc2)c1=O. The van der Waals surface area contributed by atoms with Crippen molar-refractivity contribution in [2.75, 3.05) is 32.8 Å². The topological polar surface area (TPSA) is 93.8 Å². The van der Waals surface area contributed by atoms with Crippen molar-refractivity contribution in [2.45, 2.75) is 6.54 Å². The molecule has 1 aromatic carbocycles. The largest absolute Gasteiger partial charge is 0.477 e. The minimum atomic E-state index is -1.43. The molecule has 1 aliphatic heterocycles. The minimum Gasteiger partial charge on any atom is -0.477 e. The molecule has 8 nitrogen and oxygen atoms in total. The van der Waals surface area contributed by atoms with Crippen LogP contribution in [-0.2, 0) is 11.3 Å². The molecule has 9 heteroatoms. The Morgan fingerprint density at radius 3 is 2.38 bits per heavy atom. The molecule has 1 fully saturated rings. The van der Waals surface area contributed by atoms with Gasteiger partial charge in [-0.25, -0.2) is 18.5 Å². The number of carboxylic acid groups (broad SMARTS) is 1. The van der Waals surface area contributed by atoms with Gasteiger partial charge in [-0.2, -0.15) is 0 Å². The van der Waals surface area contributed by atoms with E-state index in [-0.39, 0.29) is 12.2 Å². The third-order valence-corrected chi connectivity index (χ3v) is 4.23. The highest BCUT2D eigenvalue weighted by molar-refractivity contribution is 5.86. The van der Waals surface area contributed by atoms with Crippen LogP contribution in [0.5, 0.6) is 0 Å². The minimum absolute atomic E-state index is 0.115.